The van der Waals surface area contributed by atoms with E-state index in [4.69, 9.17) is 4.42 Å². The van der Waals surface area contributed by atoms with Crippen molar-refractivity contribution in [1.29, 1.82) is 0 Å². The molecule has 2 bridgehead atoms. The molecule has 2 N–H and O–H groups in total. The Labute approximate surface area is 128 Å². The van der Waals surface area contributed by atoms with Crippen LogP contribution in [-0.2, 0) is 0 Å². The first-order valence-corrected chi connectivity index (χ1v) is 7.63. The summed E-state index contributed by atoms with van der Waals surface area (Å²) in [5.41, 5.74) is 1.10. The van der Waals surface area contributed by atoms with Gasteiger partial charge in [-0.05, 0) is 12.1 Å². The molecule has 2 aromatic heterocycles. The van der Waals surface area contributed by atoms with Crippen molar-refractivity contribution in [2.75, 3.05) is 39.3 Å². The predicted molar refractivity (Wildman–Crippen MR) is 80.4 cm³/mol. The van der Waals surface area contributed by atoms with E-state index in [9.17, 15) is 4.79 Å². The maximum Gasteiger partial charge on any atom is 0.271 e. The number of rotatable bonds is 4. The maximum absolute atomic E-state index is 12.2. The average Bonchev–Trinajstić information content (AvgIpc) is 3.24. The van der Waals surface area contributed by atoms with Crippen LogP contribution in [-0.4, -0.2) is 71.2 Å². The van der Waals surface area contributed by atoms with Gasteiger partial charge in [0, 0.05) is 51.4 Å². The third-order valence-electron chi connectivity index (χ3n) is 4.49. The monoisotopic (exact) mass is 301 g/mol. The lowest BCUT2D eigenvalue weighted by molar-refractivity contribution is 0.0138. The largest absolute Gasteiger partial charge is 0.463 e. The minimum atomic E-state index is -0.147. The van der Waals surface area contributed by atoms with E-state index in [2.05, 4.69) is 25.3 Å². The number of H-pyrrole nitrogens is 1. The van der Waals surface area contributed by atoms with Crippen molar-refractivity contribution < 1.29 is 9.21 Å². The summed E-state index contributed by atoms with van der Waals surface area (Å²) in [5.74, 6) is 0.529. The van der Waals surface area contributed by atoms with Gasteiger partial charge in [-0.1, -0.05) is 0 Å². The number of aromatic amines is 1. The van der Waals surface area contributed by atoms with Crippen LogP contribution in [0, 0.1) is 0 Å². The molecule has 3 fully saturated rings. The molecule has 3 aliphatic heterocycles. The highest BCUT2D eigenvalue weighted by Crippen LogP contribution is 2.18. The van der Waals surface area contributed by atoms with Gasteiger partial charge in [-0.25, -0.2) is 0 Å². The quantitative estimate of drug-likeness (QED) is 0.855. The second-order valence-corrected chi connectivity index (χ2v) is 5.84. The summed E-state index contributed by atoms with van der Waals surface area (Å²) < 4.78 is 5.29. The lowest BCUT2D eigenvalue weighted by atomic mass is 10.1. The number of furan rings is 1. The number of aromatic nitrogens is 2. The van der Waals surface area contributed by atoms with Crippen LogP contribution in [0.2, 0.25) is 0 Å². The normalized spacial score (nSPS) is 27.0. The van der Waals surface area contributed by atoms with E-state index in [1.54, 1.807) is 18.4 Å². The van der Waals surface area contributed by atoms with E-state index in [0.29, 0.717) is 29.7 Å². The van der Waals surface area contributed by atoms with E-state index in [0.717, 1.165) is 32.7 Å². The Bertz CT molecular complexity index is 643. The van der Waals surface area contributed by atoms with Gasteiger partial charge in [0.15, 0.2) is 11.5 Å². The molecule has 5 heterocycles. The Morgan fingerprint density at radius 2 is 2.27 bits per heavy atom. The Hall–Kier alpha value is -2.12. The molecule has 7 nitrogen and oxygen atoms in total. The molecule has 0 aromatic carbocycles. The molecule has 7 heteroatoms. The van der Waals surface area contributed by atoms with Crippen LogP contribution >= 0.6 is 0 Å². The Morgan fingerprint density at radius 1 is 1.41 bits per heavy atom. The molecule has 5 rings (SSSR count). The van der Waals surface area contributed by atoms with Gasteiger partial charge in [0.1, 0.15) is 5.69 Å². The van der Waals surface area contributed by atoms with Gasteiger partial charge in [-0.2, -0.15) is 5.10 Å². The summed E-state index contributed by atoms with van der Waals surface area (Å²) in [6.45, 7) is 6.21. The van der Waals surface area contributed by atoms with E-state index < -0.39 is 0 Å². The Kier molecular flexibility index (Phi) is 3.44. The van der Waals surface area contributed by atoms with E-state index >= 15 is 0 Å². The molecule has 0 aliphatic carbocycles. The molecule has 2 aromatic rings. The van der Waals surface area contributed by atoms with E-state index in [-0.39, 0.29) is 5.91 Å². The highest BCUT2D eigenvalue weighted by Gasteiger charge is 2.31. The first-order chi connectivity index (χ1) is 10.8. The van der Waals surface area contributed by atoms with Crippen LogP contribution in [0.4, 0.5) is 0 Å². The van der Waals surface area contributed by atoms with Crippen molar-refractivity contribution in [1.82, 2.24) is 25.3 Å². The molecule has 1 amide bonds. The first-order valence-electron chi connectivity index (χ1n) is 7.63. The van der Waals surface area contributed by atoms with Crippen molar-refractivity contribution in [3.8, 4) is 11.5 Å². The van der Waals surface area contributed by atoms with Gasteiger partial charge in [0.25, 0.3) is 5.91 Å². The van der Waals surface area contributed by atoms with Gasteiger partial charge in [0.2, 0.25) is 0 Å². The fraction of sp³-hybridized carbons (Fsp3) is 0.467. The summed E-state index contributed by atoms with van der Waals surface area (Å²) in [6.07, 6.45) is 1.60. The van der Waals surface area contributed by atoms with Crippen LogP contribution in [0.3, 0.4) is 0 Å². The minimum Gasteiger partial charge on any atom is -0.463 e. The second-order valence-electron chi connectivity index (χ2n) is 5.84. The van der Waals surface area contributed by atoms with Gasteiger partial charge < -0.3 is 9.73 Å². The molecule has 1 atom stereocenters. The molecule has 22 heavy (non-hydrogen) atoms. The van der Waals surface area contributed by atoms with Crippen molar-refractivity contribution in [3.63, 3.8) is 0 Å². The Morgan fingerprint density at radius 3 is 2.95 bits per heavy atom. The van der Waals surface area contributed by atoms with Crippen LogP contribution < -0.4 is 5.32 Å². The molecular formula is C15H19N5O2. The van der Waals surface area contributed by atoms with Crippen molar-refractivity contribution in [3.05, 3.63) is 30.2 Å². The van der Waals surface area contributed by atoms with Gasteiger partial charge in [0.05, 0.1) is 6.26 Å². The molecule has 3 saturated heterocycles. The van der Waals surface area contributed by atoms with Crippen molar-refractivity contribution >= 4 is 5.91 Å². The highest BCUT2D eigenvalue weighted by atomic mass is 16.3. The smallest absolute Gasteiger partial charge is 0.271 e. The van der Waals surface area contributed by atoms with Crippen LogP contribution in [0.15, 0.2) is 28.9 Å². The topological polar surface area (TPSA) is 77.4 Å². The van der Waals surface area contributed by atoms with E-state index in [1.807, 2.05) is 6.07 Å². The number of nitrogens with zero attached hydrogens (tertiary/aromatic N) is 3. The summed E-state index contributed by atoms with van der Waals surface area (Å²) in [7, 11) is 0. The molecule has 3 aliphatic rings. The zero-order valence-electron chi connectivity index (χ0n) is 12.3. The lowest BCUT2D eigenvalue weighted by Crippen LogP contribution is -2.63. The fourth-order valence-corrected chi connectivity index (χ4v) is 3.22. The fourth-order valence-electron chi connectivity index (χ4n) is 3.22. The standard InChI is InChI=1S/C15H19N5O2/c21-15(13-8-12(17-18-13)14-2-1-7-22-14)16-9-11-10-19-3-5-20(11)6-4-19/h1-2,7-8,11H,3-6,9-10H2,(H,16,21)(H,17,18). The van der Waals surface area contributed by atoms with Crippen LogP contribution in [0.25, 0.3) is 11.5 Å². The molecule has 116 valence electrons. The Balaban J connectivity index is 1.36. The zero-order valence-corrected chi connectivity index (χ0v) is 12.3. The number of piperazine rings is 3. The second kappa shape index (κ2) is 5.58. The summed E-state index contributed by atoms with van der Waals surface area (Å²) in [6, 6.07) is 5.76. The van der Waals surface area contributed by atoms with Gasteiger partial charge >= 0.3 is 0 Å². The molecule has 0 saturated carbocycles. The third kappa shape index (κ3) is 2.53. The van der Waals surface area contributed by atoms with Gasteiger partial charge in [-0.15, -0.1) is 0 Å². The molecule has 0 spiro atoms. The average molecular weight is 301 g/mol. The van der Waals surface area contributed by atoms with Crippen molar-refractivity contribution in [2.45, 2.75) is 6.04 Å². The first kappa shape index (κ1) is 13.5. The maximum atomic E-state index is 12.2. The highest BCUT2D eigenvalue weighted by molar-refractivity contribution is 5.93. The number of hydrogen-bond donors (Lipinski definition) is 2. The molecular weight excluding hydrogens is 282 g/mol. The van der Waals surface area contributed by atoms with Crippen LogP contribution in [0.5, 0.6) is 0 Å². The number of fused-ring (bicyclic) bond motifs is 3. The third-order valence-corrected chi connectivity index (χ3v) is 4.49. The van der Waals surface area contributed by atoms with Crippen molar-refractivity contribution in [2.24, 2.45) is 0 Å². The van der Waals surface area contributed by atoms with E-state index in [1.165, 1.54) is 0 Å². The number of nitrogens with one attached hydrogen (secondary N) is 2. The van der Waals surface area contributed by atoms with Crippen LogP contribution in [0.1, 0.15) is 10.5 Å². The summed E-state index contributed by atoms with van der Waals surface area (Å²) in [4.78, 5) is 17.1. The predicted octanol–water partition coefficient (Wildman–Crippen LogP) is 0.399. The summed E-state index contributed by atoms with van der Waals surface area (Å²) >= 11 is 0. The summed E-state index contributed by atoms with van der Waals surface area (Å²) in [5, 5.41) is 9.89. The number of hydrogen-bond acceptors (Lipinski definition) is 5. The molecule has 1 unspecified atom stereocenters. The number of carbonyl (C=O) groups is 1. The SMILES string of the molecule is O=C(NCC1CN2CCN1CC2)c1cc(-c2ccco2)[nH]n1. The lowest BCUT2D eigenvalue weighted by Gasteiger charge is -2.47. The zero-order chi connectivity index (χ0) is 14.9. The minimum absolute atomic E-state index is 0.147. The number of carbonyl (C=O) groups excluding carboxylic acids is 1. The van der Waals surface area contributed by atoms with Gasteiger partial charge in [-0.3, -0.25) is 19.7 Å². The number of amides is 1. The molecule has 0 radical (unpaired) electrons.